The van der Waals surface area contributed by atoms with Crippen LogP contribution in [-0.2, 0) is 0 Å². The maximum atomic E-state index is 13.1. The average molecular weight is 198 g/mol. The molecule has 0 unspecified atom stereocenters. The minimum atomic E-state index is -0.656. The summed E-state index contributed by atoms with van der Waals surface area (Å²) in [5.74, 6) is -1.45. The molecular weight excluding hydrogens is 186 g/mol. The zero-order valence-corrected chi connectivity index (χ0v) is 8.18. The molecule has 0 bridgehead atoms. The first kappa shape index (κ1) is 10.8. The van der Waals surface area contributed by atoms with E-state index in [4.69, 9.17) is 0 Å². The molecule has 0 aliphatic carbocycles. The third kappa shape index (κ3) is 2.62. The van der Waals surface area contributed by atoms with Gasteiger partial charge in [0.2, 0.25) is 0 Å². The summed E-state index contributed by atoms with van der Waals surface area (Å²) in [6, 6.07) is 2.92. The quantitative estimate of drug-likeness (QED) is 0.681. The van der Waals surface area contributed by atoms with Gasteiger partial charge < -0.3 is 0 Å². The van der Waals surface area contributed by atoms with E-state index in [2.05, 4.69) is 0 Å². The van der Waals surface area contributed by atoms with Gasteiger partial charge in [-0.05, 0) is 24.1 Å². The summed E-state index contributed by atoms with van der Waals surface area (Å²) in [6.45, 7) is 3.71. The number of carbonyl (C=O) groups is 1. The van der Waals surface area contributed by atoms with Crippen LogP contribution in [0.25, 0.3) is 0 Å². The lowest BCUT2D eigenvalue weighted by atomic mass is 10.0. The molecule has 0 amide bonds. The van der Waals surface area contributed by atoms with Crippen LogP contribution in [0.15, 0.2) is 18.2 Å². The van der Waals surface area contributed by atoms with Crippen molar-refractivity contribution in [3.8, 4) is 0 Å². The molecule has 0 aliphatic rings. The first-order chi connectivity index (χ1) is 6.50. The number of benzene rings is 1. The van der Waals surface area contributed by atoms with Gasteiger partial charge in [-0.25, -0.2) is 8.78 Å². The molecule has 0 atom stereocenters. The molecule has 0 saturated carbocycles. The van der Waals surface area contributed by atoms with Crippen LogP contribution < -0.4 is 0 Å². The number of carbonyl (C=O) groups excluding carboxylic acids is 1. The van der Waals surface area contributed by atoms with Gasteiger partial charge in [-0.1, -0.05) is 13.8 Å². The molecule has 1 aromatic carbocycles. The molecule has 3 heteroatoms. The molecule has 0 fully saturated rings. The van der Waals surface area contributed by atoms with Crippen LogP contribution in [0, 0.1) is 17.6 Å². The van der Waals surface area contributed by atoms with Gasteiger partial charge in [0.25, 0.3) is 0 Å². The standard InChI is InChI=1S/C11H12F2O/c1-7(2)5-11(14)9-6-8(12)3-4-10(9)13/h3-4,6-7H,5H2,1-2H3. The van der Waals surface area contributed by atoms with Crippen molar-refractivity contribution in [3.05, 3.63) is 35.4 Å². The molecule has 0 radical (unpaired) electrons. The lowest BCUT2D eigenvalue weighted by molar-refractivity contribution is 0.0963. The molecule has 0 N–H and O–H groups in total. The van der Waals surface area contributed by atoms with E-state index in [1.807, 2.05) is 13.8 Å². The van der Waals surface area contributed by atoms with E-state index >= 15 is 0 Å². The van der Waals surface area contributed by atoms with Gasteiger partial charge in [-0.15, -0.1) is 0 Å². The van der Waals surface area contributed by atoms with Gasteiger partial charge in [-0.2, -0.15) is 0 Å². The predicted molar refractivity (Wildman–Crippen MR) is 50.1 cm³/mol. The molecule has 1 nitrogen and oxygen atoms in total. The number of halogens is 2. The normalized spacial score (nSPS) is 10.6. The second kappa shape index (κ2) is 4.31. The summed E-state index contributed by atoms with van der Waals surface area (Å²) in [6.07, 6.45) is 0.236. The largest absolute Gasteiger partial charge is 0.294 e. The van der Waals surface area contributed by atoms with Crippen LogP contribution in [0.4, 0.5) is 8.78 Å². The Hall–Kier alpha value is -1.25. The van der Waals surface area contributed by atoms with Crippen LogP contribution in [0.1, 0.15) is 30.6 Å². The third-order valence-corrected chi connectivity index (χ3v) is 1.82. The summed E-state index contributed by atoms with van der Waals surface area (Å²) in [7, 11) is 0. The SMILES string of the molecule is CC(C)CC(=O)c1cc(F)ccc1F. The number of hydrogen-bond donors (Lipinski definition) is 0. The summed E-state index contributed by atoms with van der Waals surface area (Å²) < 4.78 is 25.8. The van der Waals surface area contributed by atoms with Crippen molar-refractivity contribution in [2.24, 2.45) is 5.92 Å². The van der Waals surface area contributed by atoms with Crippen LogP contribution >= 0.6 is 0 Å². The molecule has 14 heavy (non-hydrogen) atoms. The zero-order valence-electron chi connectivity index (χ0n) is 8.18. The van der Waals surface area contributed by atoms with Gasteiger partial charge in [0.05, 0.1) is 5.56 Å². The van der Waals surface area contributed by atoms with Crippen molar-refractivity contribution in [1.29, 1.82) is 0 Å². The molecule has 1 rings (SSSR count). The van der Waals surface area contributed by atoms with E-state index in [9.17, 15) is 13.6 Å². The average Bonchev–Trinajstić information content (AvgIpc) is 2.08. The highest BCUT2D eigenvalue weighted by Crippen LogP contribution is 2.14. The Balaban J connectivity index is 2.94. The van der Waals surface area contributed by atoms with E-state index < -0.39 is 11.6 Å². The minimum absolute atomic E-state index is 0.144. The highest BCUT2D eigenvalue weighted by atomic mass is 19.1. The number of Topliss-reactive ketones (excluding diaryl/α,β-unsaturated/α-hetero) is 1. The van der Waals surface area contributed by atoms with Gasteiger partial charge in [0.1, 0.15) is 11.6 Å². The fourth-order valence-electron chi connectivity index (χ4n) is 1.19. The molecule has 0 heterocycles. The van der Waals surface area contributed by atoms with Gasteiger partial charge in [-0.3, -0.25) is 4.79 Å². The third-order valence-electron chi connectivity index (χ3n) is 1.82. The maximum Gasteiger partial charge on any atom is 0.166 e. The van der Waals surface area contributed by atoms with E-state index in [0.717, 1.165) is 18.2 Å². The molecule has 0 spiro atoms. The fourth-order valence-corrected chi connectivity index (χ4v) is 1.19. The van der Waals surface area contributed by atoms with E-state index in [1.54, 1.807) is 0 Å². The number of hydrogen-bond acceptors (Lipinski definition) is 1. The first-order valence-electron chi connectivity index (χ1n) is 4.49. The topological polar surface area (TPSA) is 17.1 Å². The Bertz CT molecular complexity index is 345. The van der Waals surface area contributed by atoms with E-state index in [1.165, 1.54) is 0 Å². The minimum Gasteiger partial charge on any atom is -0.294 e. The van der Waals surface area contributed by atoms with Crippen LogP contribution in [0.2, 0.25) is 0 Å². The fraction of sp³-hybridized carbons (Fsp3) is 0.364. The Labute approximate surface area is 81.7 Å². The lowest BCUT2D eigenvalue weighted by Gasteiger charge is -2.04. The molecule has 1 aromatic rings. The van der Waals surface area contributed by atoms with E-state index in [0.29, 0.717) is 0 Å². The highest BCUT2D eigenvalue weighted by Gasteiger charge is 2.13. The van der Waals surface area contributed by atoms with E-state index in [-0.39, 0.29) is 23.7 Å². The molecule has 0 aliphatic heterocycles. The van der Waals surface area contributed by atoms with Crippen molar-refractivity contribution < 1.29 is 13.6 Å². The lowest BCUT2D eigenvalue weighted by Crippen LogP contribution is -2.06. The summed E-state index contributed by atoms with van der Waals surface area (Å²) in [5.41, 5.74) is -0.154. The zero-order chi connectivity index (χ0) is 10.7. The van der Waals surface area contributed by atoms with Crippen molar-refractivity contribution in [2.45, 2.75) is 20.3 Å². The van der Waals surface area contributed by atoms with Crippen molar-refractivity contribution in [1.82, 2.24) is 0 Å². The number of ketones is 1. The molecule has 76 valence electrons. The van der Waals surface area contributed by atoms with Crippen molar-refractivity contribution in [2.75, 3.05) is 0 Å². The Kier molecular flexibility index (Phi) is 3.33. The Morgan fingerprint density at radius 1 is 1.36 bits per heavy atom. The van der Waals surface area contributed by atoms with Crippen LogP contribution in [-0.4, -0.2) is 5.78 Å². The maximum absolute atomic E-state index is 13.1. The summed E-state index contributed by atoms with van der Waals surface area (Å²) in [4.78, 5) is 11.4. The summed E-state index contributed by atoms with van der Waals surface area (Å²) in [5, 5.41) is 0. The Morgan fingerprint density at radius 2 is 2.00 bits per heavy atom. The molecule has 0 aromatic heterocycles. The smallest absolute Gasteiger partial charge is 0.166 e. The second-order valence-electron chi connectivity index (χ2n) is 3.65. The van der Waals surface area contributed by atoms with Crippen LogP contribution in [0.5, 0.6) is 0 Å². The van der Waals surface area contributed by atoms with Crippen LogP contribution in [0.3, 0.4) is 0 Å². The Morgan fingerprint density at radius 3 is 2.57 bits per heavy atom. The number of rotatable bonds is 3. The summed E-state index contributed by atoms with van der Waals surface area (Å²) >= 11 is 0. The van der Waals surface area contributed by atoms with Gasteiger partial charge in [0, 0.05) is 6.42 Å². The molecule has 0 saturated heterocycles. The predicted octanol–water partition coefficient (Wildman–Crippen LogP) is 3.19. The monoisotopic (exact) mass is 198 g/mol. The second-order valence-corrected chi connectivity index (χ2v) is 3.65. The van der Waals surface area contributed by atoms with Crippen molar-refractivity contribution >= 4 is 5.78 Å². The van der Waals surface area contributed by atoms with Crippen molar-refractivity contribution in [3.63, 3.8) is 0 Å². The highest BCUT2D eigenvalue weighted by molar-refractivity contribution is 5.96. The molecular formula is C11H12F2O. The van der Waals surface area contributed by atoms with Gasteiger partial charge >= 0.3 is 0 Å². The van der Waals surface area contributed by atoms with Gasteiger partial charge in [0.15, 0.2) is 5.78 Å². The first-order valence-corrected chi connectivity index (χ1v) is 4.49.